The van der Waals surface area contributed by atoms with Crippen LogP contribution in [0.4, 0.5) is 0 Å². The van der Waals surface area contributed by atoms with Crippen LogP contribution in [0.15, 0.2) is 0 Å². The lowest BCUT2D eigenvalue weighted by molar-refractivity contribution is -0.142. The summed E-state index contributed by atoms with van der Waals surface area (Å²) < 4.78 is 28.2. The molecule has 0 aromatic heterocycles. The number of nitrogens with one attached hydrogen (secondary N) is 1. The molecule has 1 aliphatic heterocycles. The Morgan fingerprint density at radius 2 is 2.00 bits per heavy atom. The molecule has 104 valence electrons. The van der Waals surface area contributed by atoms with Gasteiger partial charge in [0, 0.05) is 19.1 Å². The molecule has 2 aliphatic rings. The molecule has 0 spiro atoms. The molecule has 18 heavy (non-hydrogen) atoms. The van der Waals surface area contributed by atoms with E-state index >= 15 is 0 Å². The van der Waals surface area contributed by atoms with Crippen LogP contribution in [0.1, 0.15) is 32.6 Å². The minimum atomic E-state index is -3.42. The van der Waals surface area contributed by atoms with Gasteiger partial charge in [0.1, 0.15) is 0 Å². The summed E-state index contributed by atoms with van der Waals surface area (Å²) in [6.07, 6.45) is 2.71. The predicted octanol–water partition coefficient (Wildman–Crippen LogP) is 0.416. The summed E-state index contributed by atoms with van der Waals surface area (Å²) in [6.45, 7) is 2.66. The Balaban J connectivity index is 1.86. The van der Waals surface area contributed by atoms with E-state index in [1.54, 1.807) is 0 Å². The first-order valence-corrected chi connectivity index (χ1v) is 7.88. The Morgan fingerprint density at radius 3 is 2.44 bits per heavy atom. The predicted molar refractivity (Wildman–Crippen MR) is 66.2 cm³/mol. The number of piperidine rings is 1. The molecule has 1 saturated heterocycles. The molecular weight excluding hydrogens is 256 g/mol. The van der Waals surface area contributed by atoms with Gasteiger partial charge >= 0.3 is 5.97 Å². The van der Waals surface area contributed by atoms with Crippen LogP contribution in [0, 0.1) is 11.8 Å². The lowest BCUT2D eigenvalue weighted by Gasteiger charge is -2.29. The maximum absolute atomic E-state index is 12.0. The van der Waals surface area contributed by atoms with Gasteiger partial charge in [-0.25, -0.2) is 0 Å². The topological polar surface area (TPSA) is 86.7 Å². The number of carbonyl (C=O) groups is 1. The van der Waals surface area contributed by atoms with Gasteiger partial charge in [0.05, 0.1) is 5.92 Å². The smallest absolute Gasteiger partial charge is 0.306 e. The fraction of sp³-hybridized carbons (Fsp3) is 0.909. The monoisotopic (exact) mass is 276 g/mol. The highest BCUT2D eigenvalue weighted by Gasteiger charge is 2.40. The maximum atomic E-state index is 12.0. The fourth-order valence-electron chi connectivity index (χ4n) is 2.45. The first-order chi connectivity index (χ1) is 8.44. The lowest BCUT2D eigenvalue weighted by atomic mass is 9.99. The summed E-state index contributed by atoms with van der Waals surface area (Å²) in [5.41, 5.74) is 0. The van der Waals surface area contributed by atoms with E-state index in [0.717, 1.165) is 12.8 Å². The van der Waals surface area contributed by atoms with E-state index in [-0.39, 0.29) is 6.04 Å². The molecule has 2 N–H and O–H groups in total. The Morgan fingerprint density at radius 1 is 1.39 bits per heavy atom. The number of hydrogen-bond donors (Lipinski definition) is 2. The number of carboxylic acid groups (broad SMARTS) is 1. The van der Waals surface area contributed by atoms with Crippen molar-refractivity contribution in [3.8, 4) is 0 Å². The van der Waals surface area contributed by atoms with Crippen LogP contribution in [-0.4, -0.2) is 42.9 Å². The molecular formula is C11H20N2O4S. The Labute approximate surface area is 108 Å². The third-order valence-electron chi connectivity index (χ3n) is 3.89. The first-order valence-electron chi connectivity index (χ1n) is 6.44. The van der Waals surface area contributed by atoms with Gasteiger partial charge in [-0.2, -0.15) is 17.4 Å². The number of nitrogens with zero attached hydrogens (tertiary/aromatic N) is 1. The van der Waals surface area contributed by atoms with Crippen molar-refractivity contribution in [3.05, 3.63) is 0 Å². The standard InChI is InChI=1S/C11H20N2O4S/c1-2-8-7-10(8)12-18(16,17)13-5-3-9(4-6-13)11(14)15/h8-10,12H,2-7H2,1H3,(H,14,15). The molecule has 0 radical (unpaired) electrons. The molecule has 2 rings (SSSR count). The van der Waals surface area contributed by atoms with E-state index in [0.29, 0.717) is 31.8 Å². The highest BCUT2D eigenvalue weighted by Crippen LogP contribution is 2.34. The first kappa shape index (κ1) is 13.8. The van der Waals surface area contributed by atoms with Gasteiger partial charge < -0.3 is 5.11 Å². The molecule has 0 bridgehead atoms. The minimum Gasteiger partial charge on any atom is -0.481 e. The zero-order valence-corrected chi connectivity index (χ0v) is 11.3. The fourth-order valence-corrected chi connectivity index (χ4v) is 3.96. The lowest BCUT2D eigenvalue weighted by Crippen LogP contribution is -2.46. The van der Waals surface area contributed by atoms with Crippen molar-refractivity contribution >= 4 is 16.2 Å². The Kier molecular flexibility index (Phi) is 3.93. The summed E-state index contributed by atoms with van der Waals surface area (Å²) >= 11 is 0. The molecule has 7 heteroatoms. The van der Waals surface area contributed by atoms with E-state index < -0.39 is 22.1 Å². The van der Waals surface area contributed by atoms with Crippen LogP contribution in [0.25, 0.3) is 0 Å². The third kappa shape index (κ3) is 3.02. The number of aliphatic carboxylic acids is 1. The van der Waals surface area contributed by atoms with Crippen molar-refractivity contribution in [2.45, 2.75) is 38.6 Å². The highest BCUT2D eigenvalue weighted by molar-refractivity contribution is 7.87. The zero-order chi connectivity index (χ0) is 13.3. The summed E-state index contributed by atoms with van der Waals surface area (Å²) in [6, 6.07) is 0.0807. The maximum Gasteiger partial charge on any atom is 0.306 e. The van der Waals surface area contributed by atoms with Crippen LogP contribution in [0.5, 0.6) is 0 Å². The van der Waals surface area contributed by atoms with Crippen molar-refractivity contribution in [1.82, 2.24) is 9.03 Å². The molecule has 6 nitrogen and oxygen atoms in total. The molecule has 0 aromatic carbocycles. The van der Waals surface area contributed by atoms with Crippen LogP contribution in [0.2, 0.25) is 0 Å². The molecule has 2 fully saturated rings. The van der Waals surface area contributed by atoms with E-state index in [2.05, 4.69) is 11.6 Å². The van der Waals surface area contributed by atoms with E-state index in [1.807, 2.05) is 0 Å². The van der Waals surface area contributed by atoms with E-state index in [9.17, 15) is 13.2 Å². The van der Waals surface area contributed by atoms with E-state index in [1.165, 1.54) is 4.31 Å². The SMILES string of the molecule is CCC1CC1NS(=O)(=O)N1CCC(C(=O)O)CC1. The molecule has 0 amide bonds. The molecule has 0 aromatic rings. The van der Waals surface area contributed by atoms with Crippen molar-refractivity contribution in [2.24, 2.45) is 11.8 Å². The van der Waals surface area contributed by atoms with Crippen LogP contribution < -0.4 is 4.72 Å². The molecule has 1 heterocycles. The molecule has 1 aliphatic carbocycles. The van der Waals surface area contributed by atoms with Crippen LogP contribution in [-0.2, 0) is 15.0 Å². The van der Waals surface area contributed by atoms with Crippen molar-refractivity contribution < 1.29 is 18.3 Å². The largest absolute Gasteiger partial charge is 0.481 e. The minimum absolute atomic E-state index is 0.0807. The summed E-state index contributed by atoms with van der Waals surface area (Å²) in [5, 5.41) is 8.87. The zero-order valence-electron chi connectivity index (χ0n) is 10.5. The van der Waals surface area contributed by atoms with Gasteiger partial charge in [-0.05, 0) is 25.2 Å². The second-order valence-electron chi connectivity index (χ2n) is 5.14. The molecule has 2 unspecified atom stereocenters. The van der Waals surface area contributed by atoms with Crippen molar-refractivity contribution in [1.29, 1.82) is 0 Å². The normalized spacial score (nSPS) is 30.3. The van der Waals surface area contributed by atoms with Gasteiger partial charge in [-0.1, -0.05) is 13.3 Å². The quantitative estimate of drug-likeness (QED) is 0.761. The second-order valence-corrected chi connectivity index (χ2v) is 6.85. The molecule has 1 saturated carbocycles. The van der Waals surface area contributed by atoms with Gasteiger partial charge in [-0.3, -0.25) is 4.79 Å². The second kappa shape index (κ2) is 5.14. The van der Waals surface area contributed by atoms with Crippen LogP contribution in [0.3, 0.4) is 0 Å². The summed E-state index contributed by atoms with van der Waals surface area (Å²) in [5.74, 6) is -0.759. The number of rotatable bonds is 5. The van der Waals surface area contributed by atoms with Crippen LogP contribution >= 0.6 is 0 Å². The highest BCUT2D eigenvalue weighted by atomic mass is 32.2. The van der Waals surface area contributed by atoms with Crippen molar-refractivity contribution in [3.63, 3.8) is 0 Å². The summed E-state index contributed by atoms with van der Waals surface area (Å²) in [7, 11) is -3.42. The van der Waals surface area contributed by atoms with Crippen molar-refractivity contribution in [2.75, 3.05) is 13.1 Å². The Bertz CT molecular complexity index is 415. The van der Waals surface area contributed by atoms with E-state index in [4.69, 9.17) is 5.11 Å². The van der Waals surface area contributed by atoms with Gasteiger partial charge in [0.25, 0.3) is 10.2 Å². The average Bonchev–Trinajstić information content (AvgIpc) is 3.06. The van der Waals surface area contributed by atoms with Gasteiger partial charge in [0.2, 0.25) is 0 Å². The molecule has 2 atom stereocenters. The van der Waals surface area contributed by atoms with Gasteiger partial charge in [-0.15, -0.1) is 0 Å². The summed E-state index contributed by atoms with van der Waals surface area (Å²) in [4.78, 5) is 10.8. The Hall–Kier alpha value is -0.660. The third-order valence-corrected chi connectivity index (χ3v) is 5.54. The number of carboxylic acids is 1. The number of hydrogen-bond acceptors (Lipinski definition) is 3. The average molecular weight is 276 g/mol. The van der Waals surface area contributed by atoms with Gasteiger partial charge in [0.15, 0.2) is 0 Å².